The van der Waals surface area contributed by atoms with E-state index in [4.69, 9.17) is 4.99 Å². The third-order valence-electron chi connectivity index (χ3n) is 5.56. The smallest absolute Gasteiger partial charge is 0.227 e. The number of benzene rings is 2. The quantitative estimate of drug-likeness (QED) is 0.456. The number of anilines is 1. The van der Waals surface area contributed by atoms with Crippen molar-refractivity contribution < 1.29 is 4.79 Å². The van der Waals surface area contributed by atoms with Gasteiger partial charge in [0, 0.05) is 38.3 Å². The number of guanidine groups is 1. The van der Waals surface area contributed by atoms with Crippen molar-refractivity contribution in [2.24, 2.45) is 4.99 Å². The number of nitrogens with one attached hydrogen (secondary N) is 2. The van der Waals surface area contributed by atoms with Crippen molar-refractivity contribution in [3.63, 3.8) is 0 Å². The van der Waals surface area contributed by atoms with Crippen molar-refractivity contribution in [3.05, 3.63) is 59.9 Å². The van der Waals surface area contributed by atoms with E-state index in [0.717, 1.165) is 66.7 Å². The first-order valence-corrected chi connectivity index (χ1v) is 11.0. The molecule has 1 aliphatic rings. The summed E-state index contributed by atoms with van der Waals surface area (Å²) in [4.78, 5) is 23.1. The Hall–Kier alpha value is -3.35. The molecule has 1 amide bonds. The fourth-order valence-electron chi connectivity index (χ4n) is 3.98. The van der Waals surface area contributed by atoms with Gasteiger partial charge in [-0.15, -0.1) is 0 Å². The summed E-state index contributed by atoms with van der Waals surface area (Å²) >= 11 is 0. The monoisotopic (exact) mass is 418 g/mol. The summed E-state index contributed by atoms with van der Waals surface area (Å²) in [6, 6.07) is 16.3. The number of amides is 1. The normalized spacial score (nSPS) is 14.5. The molecule has 2 aromatic carbocycles. The Morgan fingerprint density at radius 1 is 1.13 bits per heavy atom. The summed E-state index contributed by atoms with van der Waals surface area (Å²) in [6.07, 6.45) is 1.59. The molecule has 0 aliphatic carbocycles. The molecule has 1 aromatic heterocycles. The number of nitrogens with zero attached hydrogens (tertiary/aromatic N) is 4. The van der Waals surface area contributed by atoms with Crippen molar-refractivity contribution in [3.8, 4) is 0 Å². The molecular formula is C24H30N6O. The molecule has 1 fully saturated rings. The summed E-state index contributed by atoms with van der Waals surface area (Å²) in [7, 11) is 0. The molecule has 0 saturated carbocycles. The highest BCUT2D eigenvalue weighted by Gasteiger charge is 2.21. The predicted octanol–water partition coefficient (Wildman–Crippen LogP) is 3.23. The lowest BCUT2D eigenvalue weighted by Gasteiger charge is -2.16. The van der Waals surface area contributed by atoms with Crippen LogP contribution in [0.15, 0.2) is 53.5 Å². The van der Waals surface area contributed by atoms with Crippen molar-refractivity contribution in [2.45, 2.75) is 39.8 Å². The van der Waals surface area contributed by atoms with Crippen LogP contribution in [0.4, 0.5) is 5.69 Å². The third-order valence-corrected chi connectivity index (χ3v) is 5.56. The standard InChI is InChI=1S/C24H30N6O/c1-3-25-24(26-14-16-29-18(2)28-21-7-4-5-8-22(21)29)27-17-19-10-12-20(13-11-19)30-15-6-9-23(30)31/h4-5,7-8,10-13H,3,6,9,14-17H2,1-2H3,(H2,25,26,27). The van der Waals surface area contributed by atoms with Gasteiger partial charge in [-0.1, -0.05) is 24.3 Å². The van der Waals surface area contributed by atoms with Crippen LogP contribution in [0.3, 0.4) is 0 Å². The van der Waals surface area contributed by atoms with Crippen molar-refractivity contribution in [1.29, 1.82) is 0 Å². The van der Waals surface area contributed by atoms with E-state index in [2.05, 4.69) is 45.3 Å². The first-order chi connectivity index (χ1) is 15.2. The highest BCUT2D eigenvalue weighted by molar-refractivity contribution is 5.95. The van der Waals surface area contributed by atoms with Gasteiger partial charge in [-0.3, -0.25) is 4.79 Å². The van der Waals surface area contributed by atoms with Gasteiger partial charge in [-0.05, 0) is 50.1 Å². The fourth-order valence-corrected chi connectivity index (χ4v) is 3.98. The number of aryl methyl sites for hydroxylation is 1. The van der Waals surface area contributed by atoms with E-state index in [0.29, 0.717) is 13.0 Å². The zero-order valence-electron chi connectivity index (χ0n) is 18.3. The van der Waals surface area contributed by atoms with Gasteiger partial charge in [0.15, 0.2) is 5.96 Å². The van der Waals surface area contributed by atoms with Gasteiger partial charge in [0.25, 0.3) is 0 Å². The topological polar surface area (TPSA) is 74.6 Å². The maximum Gasteiger partial charge on any atom is 0.227 e. The molecule has 1 aliphatic heterocycles. The molecule has 162 valence electrons. The highest BCUT2D eigenvalue weighted by atomic mass is 16.2. The lowest BCUT2D eigenvalue weighted by molar-refractivity contribution is -0.117. The first-order valence-electron chi connectivity index (χ1n) is 11.0. The minimum absolute atomic E-state index is 0.213. The molecule has 0 radical (unpaired) electrons. The van der Waals surface area contributed by atoms with Crippen molar-refractivity contribution in [1.82, 2.24) is 20.2 Å². The Labute approximate surface area is 183 Å². The van der Waals surface area contributed by atoms with Gasteiger partial charge in [0.2, 0.25) is 5.91 Å². The number of carbonyl (C=O) groups is 1. The van der Waals surface area contributed by atoms with E-state index < -0.39 is 0 Å². The molecular weight excluding hydrogens is 388 g/mol. The molecule has 0 bridgehead atoms. The van der Waals surface area contributed by atoms with Gasteiger partial charge in [-0.25, -0.2) is 9.98 Å². The molecule has 0 spiro atoms. The predicted molar refractivity (Wildman–Crippen MR) is 125 cm³/mol. The van der Waals surface area contributed by atoms with Gasteiger partial charge in [0.05, 0.1) is 17.6 Å². The summed E-state index contributed by atoms with van der Waals surface area (Å²) in [6.45, 7) is 7.87. The Morgan fingerprint density at radius 2 is 1.94 bits per heavy atom. The van der Waals surface area contributed by atoms with E-state index in [1.165, 1.54) is 0 Å². The van der Waals surface area contributed by atoms with Crippen molar-refractivity contribution in [2.75, 3.05) is 24.5 Å². The van der Waals surface area contributed by atoms with Crippen molar-refractivity contribution >= 4 is 28.6 Å². The van der Waals surface area contributed by atoms with E-state index in [-0.39, 0.29) is 5.91 Å². The molecule has 31 heavy (non-hydrogen) atoms. The molecule has 2 N–H and O–H groups in total. The number of hydrogen-bond acceptors (Lipinski definition) is 3. The zero-order chi connectivity index (χ0) is 21.6. The fraction of sp³-hybridized carbons (Fsp3) is 0.375. The lowest BCUT2D eigenvalue weighted by Crippen LogP contribution is -2.38. The van der Waals surface area contributed by atoms with E-state index in [9.17, 15) is 4.79 Å². The van der Waals surface area contributed by atoms with Crippen LogP contribution in [0.2, 0.25) is 0 Å². The van der Waals surface area contributed by atoms with Gasteiger partial charge >= 0.3 is 0 Å². The minimum Gasteiger partial charge on any atom is -0.357 e. The molecule has 7 nitrogen and oxygen atoms in total. The number of aliphatic imine (C=N–C) groups is 1. The molecule has 0 atom stereocenters. The Balaban J connectivity index is 1.36. The van der Waals surface area contributed by atoms with E-state index >= 15 is 0 Å². The van der Waals surface area contributed by atoms with Crippen LogP contribution in [-0.2, 0) is 17.9 Å². The molecule has 7 heteroatoms. The number of imidazole rings is 1. The van der Waals surface area contributed by atoms with E-state index in [1.54, 1.807) is 0 Å². The van der Waals surface area contributed by atoms with Crippen LogP contribution in [0.1, 0.15) is 31.2 Å². The van der Waals surface area contributed by atoms with E-state index in [1.807, 2.05) is 42.2 Å². The average Bonchev–Trinajstić information content (AvgIpc) is 3.35. The zero-order valence-corrected chi connectivity index (χ0v) is 18.3. The lowest BCUT2D eigenvalue weighted by atomic mass is 10.2. The highest BCUT2D eigenvalue weighted by Crippen LogP contribution is 2.21. The first kappa shape index (κ1) is 20.9. The number of para-hydroxylation sites is 2. The van der Waals surface area contributed by atoms with Crippen LogP contribution < -0.4 is 15.5 Å². The maximum atomic E-state index is 11.9. The maximum absolute atomic E-state index is 11.9. The van der Waals surface area contributed by atoms with Gasteiger partial charge in [-0.2, -0.15) is 0 Å². The van der Waals surface area contributed by atoms with Crippen LogP contribution in [0.25, 0.3) is 11.0 Å². The summed E-state index contributed by atoms with van der Waals surface area (Å²) in [5.74, 6) is 2.02. The molecule has 1 saturated heterocycles. The second-order valence-electron chi connectivity index (χ2n) is 7.74. The third kappa shape index (κ3) is 4.87. The minimum atomic E-state index is 0.213. The number of fused-ring (bicyclic) bond motifs is 1. The van der Waals surface area contributed by atoms with Crippen LogP contribution in [0.5, 0.6) is 0 Å². The summed E-state index contributed by atoms with van der Waals surface area (Å²) in [5.41, 5.74) is 4.27. The molecule has 2 heterocycles. The Morgan fingerprint density at radius 3 is 2.68 bits per heavy atom. The number of carbonyl (C=O) groups excluding carboxylic acids is 1. The van der Waals surface area contributed by atoms with Crippen LogP contribution >= 0.6 is 0 Å². The number of hydrogen-bond donors (Lipinski definition) is 2. The van der Waals surface area contributed by atoms with Gasteiger partial charge < -0.3 is 20.1 Å². The molecule has 0 unspecified atom stereocenters. The average molecular weight is 419 g/mol. The van der Waals surface area contributed by atoms with Gasteiger partial charge in [0.1, 0.15) is 5.82 Å². The molecule has 3 aromatic rings. The second kappa shape index (κ2) is 9.64. The Kier molecular flexibility index (Phi) is 6.50. The second-order valence-corrected chi connectivity index (χ2v) is 7.74. The van der Waals surface area contributed by atoms with Crippen LogP contribution in [0, 0.1) is 6.92 Å². The summed E-state index contributed by atoms with van der Waals surface area (Å²) in [5, 5.41) is 6.73. The van der Waals surface area contributed by atoms with Crippen LogP contribution in [-0.4, -0.2) is 41.1 Å². The Bertz CT molecular complexity index is 1070. The summed E-state index contributed by atoms with van der Waals surface area (Å²) < 4.78 is 2.23. The number of aromatic nitrogens is 2. The number of rotatable bonds is 7. The molecule has 4 rings (SSSR count). The SMILES string of the molecule is CCNC(=NCc1ccc(N2CCCC2=O)cc1)NCCn1c(C)nc2ccccc21. The largest absolute Gasteiger partial charge is 0.357 e.